The maximum atomic E-state index is 9.88. The van der Waals surface area contributed by atoms with E-state index in [9.17, 15) is 10.2 Å². The van der Waals surface area contributed by atoms with Crippen molar-refractivity contribution < 1.29 is 31.6 Å². The normalized spacial score (nSPS) is 10.5. The first-order valence-corrected chi connectivity index (χ1v) is 5.42. The summed E-state index contributed by atoms with van der Waals surface area (Å²) in [5.41, 5.74) is 1.91. The maximum absolute atomic E-state index is 9.88. The number of aryl methyl sites for hydroxylation is 1. The smallest absolute Gasteiger partial charge is 0.211 e. The lowest BCUT2D eigenvalue weighted by atomic mass is 10.1. The van der Waals surface area contributed by atoms with Gasteiger partial charge in [0.2, 0.25) is 5.52 Å². The first kappa shape index (κ1) is 12.6. The molecule has 2 aromatic heterocycles. The molecule has 0 bridgehead atoms. The van der Waals surface area contributed by atoms with E-state index >= 15 is 0 Å². The summed E-state index contributed by atoms with van der Waals surface area (Å²) in [6.07, 6.45) is 3.91. The molecule has 0 radical (unpaired) electrons. The third-order valence-electron chi connectivity index (χ3n) is 3.05. The standard InChI is InChI=1S/C14H11NO2.BrH/c1-9-6-13(16)14(17)11-7-10-4-2-3-5-15(10)8-12(9)11;/h2-8,17H,1H3;1H. The average Bonchev–Trinajstić information content (AvgIpc) is 2.34. The third-order valence-corrected chi connectivity index (χ3v) is 3.05. The fraction of sp³-hybridized carbons (Fsp3) is 0.0714. The number of rotatable bonds is 0. The predicted molar refractivity (Wildman–Crippen MR) is 65.2 cm³/mol. The highest BCUT2D eigenvalue weighted by Crippen LogP contribution is 2.35. The van der Waals surface area contributed by atoms with E-state index < -0.39 is 0 Å². The molecule has 0 fully saturated rings. The Morgan fingerprint density at radius 3 is 2.61 bits per heavy atom. The molecule has 2 heterocycles. The van der Waals surface area contributed by atoms with Gasteiger partial charge in [-0.25, -0.2) is 0 Å². The zero-order chi connectivity index (χ0) is 12.0. The molecule has 0 amide bonds. The molecule has 0 unspecified atom stereocenters. The molecule has 0 aliphatic heterocycles. The highest BCUT2D eigenvalue weighted by molar-refractivity contribution is 5.93. The zero-order valence-corrected chi connectivity index (χ0v) is 11.3. The van der Waals surface area contributed by atoms with Crippen LogP contribution < -0.4 is 21.4 Å². The molecule has 3 aromatic rings. The minimum atomic E-state index is -0.0738. The lowest BCUT2D eigenvalue weighted by molar-refractivity contribution is -0.510. The topological polar surface area (TPSA) is 44.6 Å². The van der Waals surface area contributed by atoms with Gasteiger partial charge in [0.15, 0.2) is 23.9 Å². The second-order valence-corrected chi connectivity index (χ2v) is 4.19. The second-order valence-electron chi connectivity index (χ2n) is 4.19. The fourth-order valence-electron chi connectivity index (χ4n) is 2.14. The Balaban J connectivity index is 0.00000120. The molecule has 0 saturated heterocycles. The van der Waals surface area contributed by atoms with Crippen molar-refractivity contribution in [3.05, 3.63) is 48.3 Å². The molecular weight excluding hydrogens is 294 g/mol. The fourth-order valence-corrected chi connectivity index (χ4v) is 2.14. The summed E-state index contributed by atoms with van der Waals surface area (Å²) in [5, 5.41) is 21.1. The lowest BCUT2D eigenvalue weighted by Gasteiger charge is -2.05. The van der Waals surface area contributed by atoms with Crippen LogP contribution >= 0.6 is 0 Å². The number of halogens is 1. The van der Waals surface area contributed by atoms with E-state index in [1.54, 1.807) is 6.07 Å². The highest BCUT2D eigenvalue weighted by Gasteiger charge is 2.13. The quantitative estimate of drug-likeness (QED) is 0.328. The Bertz CT molecular complexity index is 741. The summed E-state index contributed by atoms with van der Waals surface area (Å²) in [7, 11) is 0. The van der Waals surface area contributed by atoms with Crippen LogP contribution in [0, 0.1) is 6.92 Å². The predicted octanol–water partition coefficient (Wildman–Crippen LogP) is -0.698. The molecule has 4 heteroatoms. The molecule has 0 aliphatic carbocycles. The highest BCUT2D eigenvalue weighted by atomic mass is 79.9. The number of aromatic nitrogens is 1. The number of benzene rings is 1. The molecule has 92 valence electrons. The Hall–Kier alpha value is -1.81. The Kier molecular flexibility index (Phi) is 3.13. The van der Waals surface area contributed by atoms with E-state index in [-0.39, 0.29) is 28.5 Å². The van der Waals surface area contributed by atoms with Crippen LogP contribution in [0.2, 0.25) is 0 Å². The summed E-state index contributed by atoms with van der Waals surface area (Å²) in [5.74, 6) is -0.132. The molecule has 3 rings (SSSR count). The van der Waals surface area contributed by atoms with Gasteiger partial charge in [-0.1, -0.05) is 0 Å². The van der Waals surface area contributed by atoms with Crippen LogP contribution in [-0.4, -0.2) is 10.2 Å². The van der Waals surface area contributed by atoms with Crippen molar-refractivity contribution in [1.29, 1.82) is 0 Å². The SMILES string of the molecule is Cc1cc(O)c(O)c2cc3cccc[n+]3cc12.[Br-]. The van der Waals surface area contributed by atoms with Crippen LogP contribution in [0.4, 0.5) is 0 Å². The van der Waals surface area contributed by atoms with E-state index in [1.807, 2.05) is 48.0 Å². The Morgan fingerprint density at radius 1 is 1.06 bits per heavy atom. The van der Waals surface area contributed by atoms with Gasteiger partial charge in [0, 0.05) is 23.6 Å². The molecule has 2 N–H and O–H groups in total. The van der Waals surface area contributed by atoms with E-state index in [4.69, 9.17) is 0 Å². The molecule has 18 heavy (non-hydrogen) atoms. The summed E-state index contributed by atoms with van der Waals surface area (Å²) in [6.45, 7) is 1.91. The number of phenolic OH excluding ortho intramolecular Hbond substituents is 2. The molecule has 0 atom stereocenters. The molecule has 0 saturated carbocycles. The largest absolute Gasteiger partial charge is 1.00 e. The summed E-state index contributed by atoms with van der Waals surface area (Å²) >= 11 is 0. The Morgan fingerprint density at radius 2 is 1.83 bits per heavy atom. The van der Waals surface area contributed by atoms with Crippen molar-refractivity contribution in [2.45, 2.75) is 6.92 Å². The van der Waals surface area contributed by atoms with Crippen molar-refractivity contribution >= 4 is 16.3 Å². The summed E-state index contributed by atoms with van der Waals surface area (Å²) < 4.78 is 1.99. The van der Waals surface area contributed by atoms with Crippen molar-refractivity contribution in [1.82, 2.24) is 0 Å². The van der Waals surface area contributed by atoms with Gasteiger partial charge in [-0.05, 0) is 24.6 Å². The first-order valence-electron chi connectivity index (χ1n) is 5.42. The van der Waals surface area contributed by atoms with Crippen LogP contribution in [0.3, 0.4) is 0 Å². The van der Waals surface area contributed by atoms with Gasteiger partial charge in [-0.3, -0.25) is 0 Å². The Labute approximate surface area is 115 Å². The number of phenols is 2. The number of hydrogen-bond donors (Lipinski definition) is 2. The first-order chi connectivity index (χ1) is 8.16. The van der Waals surface area contributed by atoms with Crippen molar-refractivity contribution in [2.75, 3.05) is 0 Å². The van der Waals surface area contributed by atoms with Gasteiger partial charge in [0.1, 0.15) is 0 Å². The van der Waals surface area contributed by atoms with Crippen LogP contribution in [0.25, 0.3) is 16.3 Å². The van der Waals surface area contributed by atoms with Gasteiger partial charge in [-0.15, -0.1) is 0 Å². The monoisotopic (exact) mass is 305 g/mol. The maximum Gasteiger partial charge on any atom is 0.211 e. The number of pyridine rings is 2. The van der Waals surface area contributed by atoms with Gasteiger partial charge in [0.05, 0.1) is 5.39 Å². The zero-order valence-electron chi connectivity index (χ0n) is 9.76. The minimum absolute atomic E-state index is 0. The van der Waals surface area contributed by atoms with Crippen LogP contribution in [0.5, 0.6) is 11.5 Å². The third kappa shape index (κ3) is 1.78. The molecule has 1 aromatic carbocycles. The van der Waals surface area contributed by atoms with Crippen molar-refractivity contribution in [3.8, 4) is 11.5 Å². The van der Waals surface area contributed by atoms with Crippen LogP contribution in [0.15, 0.2) is 42.7 Å². The lowest BCUT2D eigenvalue weighted by Crippen LogP contribution is -3.00. The minimum Gasteiger partial charge on any atom is -1.00 e. The van der Waals surface area contributed by atoms with Crippen molar-refractivity contribution in [3.63, 3.8) is 0 Å². The van der Waals surface area contributed by atoms with E-state index in [0.29, 0.717) is 5.39 Å². The van der Waals surface area contributed by atoms with Crippen LogP contribution in [0.1, 0.15) is 5.56 Å². The average molecular weight is 306 g/mol. The van der Waals surface area contributed by atoms with Crippen LogP contribution in [-0.2, 0) is 0 Å². The molecular formula is C14H12BrNO2. The van der Waals surface area contributed by atoms with Gasteiger partial charge < -0.3 is 27.2 Å². The van der Waals surface area contributed by atoms with Crippen molar-refractivity contribution in [2.24, 2.45) is 0 Å². The number of nitrogens with zero attached hydrogens (tertiary/aromatic N) is 1. The molecule has 0 aliphatic rings. The molecule has 3 nitrogen and oxygen atoms in total. The summed E-state index contributed by atoms with van der Waals surface area (Å²) in [6, 6.07) is 9.30. The number of fused-ring (bicyclic) bond motifs is 2. The van der Waals surface area contributed by atoms with Gasteiger partial charge in [-0.2, -0.15) is 4.40 Å². The van der Waals surface area contributed by atoms with E-state index in [1.165, 1.54) is 0 Å². The van der Waals surface area contributed by atoms with E-state index in [2.05, 4.69) is 0 Å². The van der Waals surface area contributed by atoms with E-state index in [0.717, 1.165) is 16.5 Å². The van der Waals surface area contributed by atoms with Gasteiger partial charge in [0.25, 0.3) is 0 Å². The van der Waals surface area contributed by atoms with Gasteiger partial charge >= 0.3 is 0 Å². The second kappa shape index (κ2) is 4.46. The summed E-state index contributed by atoms with van der Waals surface area (Å²) in [4.78, 5) is 0. The number of hydrogen-bond acceptors (Lipinski definition) is 2. The molecule has 0 spiro atoms. The number of aromatic hydroxyl groups is 2.